The summed E-state index contributed by atoms with van der Waals surface area (Å²) in [5.74, 6) is 0.537. The minimum absolute atomic E-state index is 0.0150. The van der Waals surface area contributed by atoms with Crippen molar-refractivity contribution in [2.45, 2.75) is 31.5 Å². The van der Waals surface area contributed by atoms with Gasteiger partial charge in [-0.3, -0.25) is 19.4 Å². The zero-order valence-corrected chi connectivity index (χ0v) is 17.9. The van der Waals surface area contributed by atoms with Crippen LogP contribution in [-0.4, -0.2) is 83.0 Å². The van der Waals surface area contributed by atoms with E-state index in [0.29, 0.717) is 31.4 Å². The van der Waals surface area contributed by atoms with Crippen LogP contribution in [0.25, 0.3) is 0 Å². The second-order valence-corrected chi connectivity index (χ2v) is 8.49. The summed E-state index contributed by atoms with van der Waals surface area (Å²) in [6, 6.07) is 5.77. The molecule has 4 rings (SSSR count). The molecule has 8 heteroatoms. The van der Waals surface area contributed by atoms with Crippen LogP contribution >= 0.6 is 0 Å². The molecule has 1 atom stereocenters. The smallest absolute Gasteiger partial charge is 0.274 e. The number of hydrogen-bond donors (Lipinski definition) is 0. The molecule has 1 unspecified atom stereocenters. The highest BCUT2D eigenvalue weighted by Gasteiger charge is 2.51. The highest BCUT2D eigenvalue weighted by atomic mass is 16.5. The average Bonchev–Trinajstić information content (AvgIpc) is 3.21. The van der Waals surface area contributed by atoms with Gasteiger partial charge in [-0.2, -0.15) is 5.10 Å². The Bertz CT molecular complexity index is 834. The largest absolute Gasteiger partial charge is 0.383 e. The first-order valence-corrected chi connectivity index (χ1v) is 10.6. The number of hydrogen-bond acceptors (Lipinski definition) is 6. The van der Waals surface area contributed by atoms with E-state index in [1.165, 1.54) is 0 Å². The Morgan fingerprint density at radius 2 is 2.07 bits per heavy atom. The number of likely N-dealkylation sites (N-methyl/N-ethyl adjacent to an activating group) is 1. The quantitative estimate of drug-likeness (QED) is 0.656. The zero-order valence-electron chi connectivity index (χ0n) is 17.9. The summed E-state index contributed by atoms with van der Waals surface area (Å²) in [6.07, 6.45) is 7.62. The Morgan fingerprint density at radius 3 is 2.83 bits per heavy atom. The van der Waals surface area contributed by atoms with Crippen molar-refractivity contribution in [1.82, 2.24) is 24.6 Å². The third kappa shape index (κ3) is 4.55. The molecule has 2 aromatic heterocycles. The van der Waals surface area contributed by atoms with Gasteiger partial charge in [-0.25, -0.2) is 0 Å². The molecule has 0 saturated carbocycles. The Kier molecular flexibility index (Phi) is 6.46. The maximum Gasteiger partial charge on any atom is 0.274 e. The Labute approximate surface area is 177 Å². The lowest BCUT2D eigenvalue weighted by Crippen LogP contribution is -2.72. The summed E-state index contributed by atoms with van der Waals surface area (Å²) in [5, 5.41) is 4.39. The van der Waals surface area contributed by atoms with Crippen LogP contribution < -0.4 is 0 Å². The van der Waals surface area contributed by atoms with E-state index in [0.717, 1.165) is 44.6 Å². The lowest BCUT2D eigenvalue weighted by molar-refractivity contribution is -0.0769. The van der Waals surface area contributed by atoms with Gasteiger partial charge in [0.25, 0.3) is 5.91 Å². The van der Waals surface area contributed by atoms with Crippen molar-refractivity contribution in [3.63, 3.8) is 0 Å². The number of aromatic nitrogens is 3. The molecular formula is C22H31N5O3. The molecule has 0 bridgehead atoms. The van der Waals surface area contributed by atoms with Crippen molar-refractivity contribution in [3.8, 4) is 0 Å². The lowest BCUT2D eigenvalue weighted by atomic mass is 9.75. The van der Waals surface area contributed by atoms with Crippen molar-refractivity contribution in [2.75, 3.05) is 47.0 Å². The van der Waals surface area contributed by atoms with Crippen molar-refractivity contribution in [3.05, 3.63) is 48.0 Å². The van der Waals surface area contributed by atoms with Gasteiger partial charge in [-0.15, -0.1) is 0 Å². The second kappa shape index (κ2) is 9.24. The van der Waals surface area contributed by atoms with Crippen LogP contribution in [0.15, 0.2) is 36.8 Å². The molecule has 2 saturated heterocycles. The summed E-state index contributed by atoms with van der Waals surface area (Å²) in [4.78, 5) is 21.2. The summed E-state index contributed by atoms with van der Waals surface area (Å²) >= 11 is 0. The monoisotopic (exact) mass is 413 g/mol. The van der Waals surface area contributed by atoms with Crippen molar-refractivity contribution in [2.24, 2.45) is 5.92 Å². The molecule has 0 radical (unpaired) electrons. The predicted octanol–water partition coefficient (Wildman–Crippen LogP) is 1.68. The highest BCUT2D eigenvalue weighted by molar-refractivity contribution is 5.93. The number of likely N-dealkylation sites (tertiary alicyclic amines) is 2. The van der Waals surface area contributed by atoms with Crippen LogP contribution in [0.1, 0.15) is 28.9 Å². The molecule has 1 amide bonds. The molecule has 2 aliphatic rings. The molecule has 2 aliphatic heterocycles. The minimum Gasteiger partial charge on any atom is -0.383 e. The van der Waals surface area contributed by atoms with Crippen LogP contribution in [0.4, 0.5) is 0 Å². The number of methoxy groups -OCH3 is 1. The van der Waals surface area contributed by atoms with E-state index in [2.05, 4.69) is 22.0 Å². The number of carbonyl (C=O) groups is 1. The number of rotatable bonds is 8. The standard InChI is InChI=1S/C22H31N5O3/c1-25-9-5-19(15-30-14-18-3-7-23-8-4-18)13-22(25)16-26(17-22)21(28)20-6-10-27(24-20)11-12-29-2/h3-4,6-8,10,19H,5,9,11-17H2,1-2H3. The maximum absolute atomic E-state index is 12.8. The van der Waals surface area contributed by atoms with E-state index >= 15 is 0 Å². The topological polar surface area (TPSA) is 72.7 Å². The fourth-order valence-electron chi connectivity index (χ4n) is 4.50. The number of carbonyl (C=O) groups excluding carboxylic acids is 1. The molecule has 0 N–H and O–H groups in total. The molecule has 30 heavy (non-hydrogen) atoms. The fraction of sp³-hybridized carbons (Fsp3) is 0.591. The van der Waals surface area contributed by atoms with E-state index < -0.39 is 0 Å². The van der Waals surface area contributed by atoms with E-state index in [1.54, 1.807) is 30.3 Å². The maximum atomic E-state index is 12.8. The molecule has 2 aromatic rings. The van der Waals surface area contributed by atoms with Crippen molar-refractivity contribution in [1.29, 1.82) is 0 Å². The normalized spacial score (nSPS) is 21.0. The number of amides is 1. The number of piperidine rings is 1. The van der Waals surface area contributed by atoms with E-state index in [1.807, 2.05) is 23.2 Å². The van der Waals surface area contributed by atoms with Crippen LogP contribution in [-0.2, 0) is 22.6 Å². The van der Waals surface area contributed by atoms with Gasteiger partial charge in [0.05, 0.1) is 25.3 Å². The summed E-state index contributed by atoms with van der Waals surface area (Å²) in [7, 11) is 3.84. The van der Waals surface area contributed by atoms with Gasteiger partial charge < -0.3 is 14.4 Å². The van der Waals surface area contributed by atoms with E-state index in [4.69, 9.17) is 9.47 Å². The average molecular weight is 414 g/mol. The van der Waals surface area contributed by atoms with Gasteiger partial charge in [-0.1, -0.05) is 0 Å². The zero-order chi connectivity index (χ0) is 21.0. The first-order chi connectivity index (χ1) is 14.6. The molecule has 1 spiro atoms. The van der Waals surface area contributed by atoms with Crippen molar-refractivity contribution >= 4 is 5.91 Å². The van der Waals surface area contributed by atoms with Gasteiger partial charge in [0.1, 0.15) is 5.69 Å². The SMILES string of the molecule is COCCn1ccc(C(=O)N2CC3(CC(COCc4ccncc4)CCN3C)C2)n1. The van der Waals surface area contributed by atoms with Crippen LogP contribution in [0, 0.1) is 5.92 Å². The van der Waals surface area contributed by atoms with E-state index in [9.17, 15) is 4.79 Å². The first kappa shape index (κ1) is 21.0. The molecular weight excluding hydrogens is 382 g/mol. The second-order valence-electron chi connectivity index (χ2n) is 8.49. The highest BCUT2D eigenvalue weighted by Crippen LogP contribution is 2.38. The van der Waals surface area contributed by atoms with Crippen LogP contribution in [0.3, 0.4) is 0 Å². The molecule has 4 heterocycles. The van der Waals surface area contributed by atoms with Gasteiger partial charge in [0, 0.05) is 45.4 Å². The number of nitrogens with zero attached hydrogens (tertiary/aromatic N) is 5. The van der Waals surface area contributed by atoms with Gasteiger partial charge in [0.15, 0.2) is 0 Å². The minimum atomic E-state index is 0.0150. The van der Waals surface area contributed by atoms with E-state index in [-0.39, 0.29) is 11.4 Å². The molecule has 8 nitrogen and oxygen atoms in total. The molecule has 2 fully saturated rings. The molecule has 0 aliphatic carbocycles. The number of ether oxygens (including phenoxy) is 2. The fourth-order valence-corrected chi connectivity index (χ4v) is 4.50. The Morgan fingerprint density at radius 1 is 1.27 bits per heavy atom. The Hall–Kier alpha value is -2.29. The van der Waals surface area contributed by atoms with Crippen LogP contribution in [0.2, 0.25) is 0 Å². The summed E-state index contributed by atoms with van der Waals surface area (Å²) in [6.45, 7) is 5.17. The Balaban J connectivity index is 1.28. The van der Waals surface area contributed by atoms with Crippen LogP contribution in [0.5, 0.6) is 0 Å². The summed E-state index contributed by atoms with van der Waals surface area (Å²) in [5.41, 5.74) is 1.73. The van der Waals surface area contributed by atoms with Gasteiger partial charge in [-0.05, 0) is 56.1 Å². The lowest BCUT2D eigenvalue weighted by Gasteiger charge is -2.58. The molecule has 162 valence electrons. The number of pyridine rings is 1. The van der Waals surface area contributed by atoms with Crippen molar-refractivity contribution < 1.29 is 14.3 Å². The third-order valence-corrected chi connectivity index (χ3v) is 6.36. The van der Waals surface area contributed by atoms with Gasteiger partial charge >= 0.3 is 0 Å². The summed E-state index contributed by atoms with van der Waals surface area (Å²) < 4.78 is 12.8. The molecule has 0 aromatic carbocycles. The first-order valence-electron chi connectivity index (χ1n) is 10.6. The van der Waals surface area contributed by atoms with Gasteiger partial charge in [0.2, 0.25) is 0 Å². The predicted molar refractivity (Wildman–Crippen MR) is 112 cm³/mol. The third-order valence-electron chi connectivity index (χ3n) is 6.36.